The molecule has 0 bridgehead atoms. The summed E-state index contributed by atoms with van der Waals surface area (Å²) in [6.45, 7) is 3.58. The second kappa shape index (κ2) is 9.94. The van der Waals surface area contributed by atoms with Gasteiger partial charge in [0.15, 0.2) is 5.13 Å². The van der Waals surface area contributed by atoms with E-state index >= 15 is 0 Å². The molecule has 0 aliphatic carbocycles. The van der Waals surface area contributed by atoms with Crippen LogP contribution in [0.1, 0.15) is 6.42 Å². The molecule has 35 heavy (non-hydrogen) atoms. The minimum atomic E-state index is -3.74. The Hall–Kier alpha value is -2.37. The number of carbonyl (C=O) groups is 1. The minimum absolute atomic E-state index is 0.0377. The van der Waals surface area contributed by atoms with E-state index in [1.54, 1.807) is 28.5 Å². The standard InChI is InChI=1S/C23H23Cl2N5O3S2/c24-18-2-1-3-19(21(18)25)28-11-13-29(14-12-28)20-8-10-30(22(20)31)16-4-6-17(7-5-16)35(32,33)27-23-26-9-15-34-23/h1-7,9,15,20H,8,10-14H2,(H,26,27). The molecule has 1 amide bonds. The molecule has 2 aliphatic heterocycles. The van der Waals surface area contributed by atoms with Gasteiger partial charge in [-0.3, -0.25) is 14.4 Å². The number of sulfonamides is 1. The van der Waals surface area contributed by atoms with E-state index in [4.69, 9.17) is 23.2 Å². The fraction of sp³-hybridized carbons (Fsp3) is 0.304. The highest BCUT2D eigenvalue weighted by atomic mass is 35.5. The van der Waals surface area contributed by atoms with Crippen molar-refractivity contribution in [2.45, 2.75) is 17.4 Å². The lowest BCUT2D eigenvalue weighted by Crippen LogP contribution is -2.52. The molecule has 5 rings (SSSR count). The summed E-state index contributed by atoms with van der Waals surface area (Å²) in [7, 11) is -3.74. The van der Waals surface area contributed by atoms with Crippen molar-refractivity contribution >= 4 is 67.0 Å². The second-order valence-corrected chi connectivity index (χ2v) is 11.7. The Morgan fingerprint density at radius 3 is 2.43 bits per heavy atom. The molecular weight excluding hydrogens is 529 g/mol. The quantitative estimate of drug-likeness (QED) is 0.494. The summed E-state index contributed by atoms with van der Waals surface area (Å²) >= 11 is 13.8. The summed E-state index contributed by atoms with van der Waals surface area (Å²) in [4.78, 5) is 23.5. The largest absolute Gasteiger partial charge is 0.368 e. The summed E-state index contributed by atoms with van der Waals surface area (Å²) in [6, 6.07) is 11.8. The Bertz CT molecular complexity index is 1310. The number of aromatic nitrogens is 1. The lowest BCUT2D eigenvalue weighted by molar-refractivity contribution is -0.121. The van der Waals surface area contributed by atoms with Gasteiger partial charge in [-0.15, -0.1) is 11.3 Å². The maximum absolute atomic E-state index is 13.2. The predicted octanol–water partition coefficient (Wildman–Crippen LogP) is 4.18. The van der Waals surface area contributed by atoms with Crippen molar-refractivity contribution in [1.82, 2.24) is 9.88 Å². The zero-order valence-corrected chi connectivity index (χ0v) is 21.7. The van der Waals surface area contributed by atoms with Gasteiger partial charge in [0, 0.05) is 50.0 Å². The first-order valence-corrected chi connectivity index (χ1v) is 14.2. The van der Waals surface area contributed by atoms with Gasteiger partial charge in [-0.05, 0) is 42.8 Å². The molecule has 0 spiro atoms. The number of nitrogens with zero attached hydrogens (tertiary/aromatic N) is 4. The molecule has 0 saturated carbocycles. The van der Waals surface area contributed by atoms with Gasteiger partial charge in [-0.25, -0.2) is 13.4 Å². The Morgan fingerprint density at radius 2 is 1.74 bits per heavy atom. The van der Waals surface area contributed by atoms with Crippen LogP contribution in [0.3, 0.4) is 0 Å². The Morgan fingerprint density at radius 1 is 1.00 bits per heavy atom. The summed E-state index contributed by atoms with van der Waals surface area (Å²) in [5, 5.41) is 3.09. The summed E-state index contributed by atoms with van der Waals surface area (Å²) < 4.78 is 27.6. The van der Waals surface area contributed by atoms with Crippen molar-refractivity contribution in [3.8, 4) is 0 Å². The Balaban J connectivity index is 1.22. The van der Waals surface area contributed by atoms with Gasteiger partial charge in [-0.2, -0.15) is 0 Å². The zero-order valence-electron chi connectivity index (χ0n) is 18.6. The number of anilines is 3. The van der Waals surface area contributed by atoms with Crippen molar-refractivity contribution < 1.29 is 13.2 Å². The van der Waals surface area contributed by atoms with Crippen LogP contribution in [0, 0.1) is 0 Å². The van der Waals surface area contributed by atoms with Gasteiger partial charge >= 0.3 is 0 Å². The average molecular weight is 553 g/mol. The number of amides is 1. The number of carbonyl (C=O) groups excluding carboxylic acids is 1. The molecule has 1 aromatic heterocycles. The molecule has 3 aromatic rings. The van der Waals surface area contributed by atoms with E-state index in [2.05, 4.69) is 19.5 Å². The lowest BCUT2D eigenvalue weighted by Gasteiger charge is -2.38. The fourth-order valence-electron chi connectivity index (χ4n) is 4.52. The number of nitrogens with one attached hydrogen (secondary N) is 1. The molecule has 1 atom stereocenters. The van der Waals surface area contributed by atoms with Crippen LogP contribution < -0.4 is 14.5 Å². The fourth-order valence-corrected chi connectivity index (χ4v) is 6.73. The van der Waals surface area contributed by atoms with Crippen LogP contribution in [0.15, 0.2) is 58.9 Å². The Kier molecular flexibility index (Phi) is 6.91. The molecule has 2 aromatic carbocycles. The molecule has 12 heteroatoms. The maximum Gasteiger partial charge on any atom is 0.263 e. The normalized spacial score (nSPS) is 19.4. The number of rotatable bonds is 6. The van der Waals surface area contributed by atoms with Crippen LogP contribution in [0.25, 0.3) is 0 Å². The molecule has 184 valence electrons. The van der Waals surface area contributed by atoms with E-state index in [9.17, 15) is 13.2 Å². The van der Waals surface area contributed by atoms with Crippen molar-refractivity contribution in [2.75, 3.05) is 47.2 Å². The first-order valence-electron chi connectivity index (χ1n) is 11.1. The topological polar surface area (TPSA) is 85.9 Å². The minimum Gasteiger partial charge on any atom is -0.368 e. The summed E-state index contributed by atoms with van der Waals surface area (Å²) in [6.07, 6.45) is 2.26. The molecule has 0 radical (unpaired) electrons. The van der Waals surface area contributed by atoms with Crippen molar-refractivity contribution in [1.29, 1.82) is 0 Å². The van der Waals surface area contributed by atoms with Crippen molar-refractivity contribution in [3.63, 3.8) is 0 Å². The van der Waals surface area contributed by atoms with Gasteiger partial charge in [0.05, 0.1) is 26.7 Å². The number of hydrogen-bond donors (Lipinski definition) is 1. The molecule has 2 saturated heterocycles. The number of thiazole rings is 1. The molecule has 3 heterocycles. The van der Waals surface area contributed by atoms with Gasteiger partial charge in [0.1, 0.15) is 0 Å². The SMILES string of the molecule is O=C1C(N2CCN(c3cccc(Cl)c3Cl)CC2)CCN1c1ccc(S(=O)(=O)Nc2nccs2)cc1. The maximum atomic E-state index is 13.2. The molecule has 2 fully saturated rings. The lowest BCUT2D eigenvalue weighted by atomic mass is 10.1. The van der Waals surface area contributed by atoms with Crippen LogP contribution in [0.5, 0.6) is 0 Å². The molecule has 1 N–H and O–H groups in total. The molecule has 2 aliphatic rings. The highest BCUT2D eigenvalue weighted by Gasteiger charge is 2.38. The van der Waals surface area contributed by atoms with E-state index in [0.717, 1.165) is 38.3 Å². The number of hydrogen-bond acceptors (Lipinski definition) is 7. The molecular formula is C23H23Cl2N5O3S2. The van der Waals surface area contributed by atoms with Crippen molar-refractivity contribution in [2.24, 2.45) is 0 Å². The summed E-state index contributed by atoms with van der Waals surface area (Å²) in [5.74, 6) is 0.0377. The summed E-state index contributed by atoms with van der Waals surface area (Å²) in [5.41, 5.74) is 1.60. The van der Waals surface area contributed by atoms with Gasteiger partial charge < -0.3 is 9.80 Å². The number of piperazine rings is 1. The van der Waals surface area contributed by atoms with Gasteiger partial charge in [0.2, 0.25) is 5.91 Å². The monoisotopic (exact) mass is 551 g/mol. The average Bonchev–Trinajstić information content (AvgIpc) is 3.50. The first kappa shape index (κ1) is 24.3. The third-order valence-corrected chi connectivity index (χ3v) is 9.30. The van der Waals surface area contributed by atoms with E-state index in [1.165, 1.54) is 29.7 Å². The van der Waals surface area contributed by atoms with Crippen LogP contribution in [0.4, 0.5) is 16.5 Å². The smallest absolute Gasteiger partial charge is 0.263 e. The van der Waals surface area contributed by atoms with Crippen LogP contribution >= 0.6 is 34.5 Å². The first-order chi connectivity index (χ1) is 16.8. The van der Waals surface area contributed by atoms with Crippen LogP contribution in [-0.2, 0) is 14.8 Å². The predicted molar refractivity (Wildman–Crippen MR) is 140 cm³/mol. The third-order valence-electron chi connectivity index (χ3n) is 6.32. The Labute approximate surface area is 218 Å². The van der Waals surface area contributed by atoms with Crippen LogP contribution in [0.2, 0.25) is 10.0 Å². The van der Waals surface area contributed by atoms with Crippen LogP contribution in [-0.4, -0.2) is 63.0 Å². The second-order valence-electron chi connectivity index (χ2n) is 8.33. The number of halogens is 2. The van der Waals surface area contributed by atoms with Gasteiger partial charge in [0.25, 0.3) is 10.0 Å². The van der Waals surface area contributed by atoms with Gasteiger partial charge in [-0.1, -0.05) is 29.3 Å². The third kappa shape index (κ3) is 4.99. The number of benzene rings is 2. The molecule has 1 unspecified atom stereocenters. The van der Waals surface area contributed by atoms with E-state index in [0.29, 0.717) is 27.4 Å². The van der Waals surface area contributed by atoms with Crippen molar-refractivity contribution in [3.05, 3.63) is 64.1 Å². The molecule has 8 nitrogen and oxygen atoms in total. The van der Waals surface area contributed by atoms with E-state index in [1.807, 2.05) is 12.1 Å². The van der Waals surface area contributed by atoms with E-state index < -0.39 is 10.0 Å². The highest BCUT2D eigenvalue weighted by molar-refractivity contribution is 7.93. The highest BCUT2D eigenvalue weighted by Crippen LogP contribution is 2.34. The van der Waals surface area contributed by atoms with E-state index in [-0.39, 0.29) is 16.8 Å². The zero-order chi connectivity index (χ0) is 24.6.